The SMILES string of the molecule is C=C1C=C(CCCCCO/N=C2/CC[C@H]3[C@@H]4CC[C@H]5C[C@H](O)CC[C@]5(C)[C@H]4CC[C@]23C)c2ccc(NCCN(C)C)cc2O1. The lowest BCUT2D eigenvalue weighted by molar-refractivity contribution is -0.114. The maximum Gasteiger partial charge on any atom is 0.136 e. The van der Waals surface area contributed by atoms with Gasteiger partial charge in [-0.25, -0.2) is 0 Å². The topological polar surface area (TPSA) is 66.3 Å². The van der Waals surface area contributed by atoms with Gasteiger partial charge in [-0.2, -0.15) is 0 Å². The predicted octanol–water partition coefficient (Wildman–Crippen LogP) is 8.29. The number of benzene rings is 1. The number of rotatable bonds is 11. The summed E-state index contributed by atoms with van der Waals surface area (Å²) in [6.45, 7) is 11.8. The summed E-state index contributed by atoms with van der Waals surface area (Å²) in [4.78, 5) is 8.19. The van der Waals surface area contributed by atoms with Crippen LogP contribution in [0, 0.1) is 34.5 Å². The lowest BCUT2D eigenvalue weighted by atomic mass is 9.45. The molecule has 1 aliphatic heterocycles. The van der Waals surface area contributed by atoms with E-state index in [4.69, 9.17) is 14.7 Å². The lowest BCUT2D eigenvalue weighted by Gasteiger charge is -2.60. The van der Waals surface area contributed by atoms with E-state index in [0.717, 1.165) is 93.1 Å². The van der Waals surface area contributed by atoms with Crippen LogP contribution in [0.4, 0.5) is 5.69 Å². The van der Waals surface area contributed by atoms with E-state index in [1.807, 2.05) is 0 Å². The number of nitrogens with one attached hydrogen (secondary N) is 1. The second-order valence-electron chi connectivity index (χ2n) is 15.4. The van der Waals surface area contributed by atoms with Crippen LogP contribution >= 0.6 is 0 Å². The van der Waals surface area contributed by atoms with Gasteiger partial charge >= 0.3 is 0 Å². The molecule has 1 heterocycles. The zero-order valence-electron chi connectivity index (χ0n) is 27.9. The molecule has 7 atom stereocenters. The van der Waals surface area contributed by atoms with Gasteiger partial charge in [-0.05, 0) is 150 Å². The van der Waals surface area contributed by atoms with E-state index >= 15 is 0 Å². The van der Waals surface area contributed by atoms with Crippen molar-refractivity contribution in [2.75, 3.05) is 39.1 Å². The highest BCUT2D eigenvalue weighted by atomic mass is 16.6. The Morgan fingerprint density at radius 3 is 2.77 bits per heavy atom. The molecule has 6 rings (SSSR count). The Kier molecular flexibility index (Phi) is 9.50. The number of likely N-dealkylation sites (N-methyl/N-ethyl adjacent to an activating group) is 1. The summed E-state index contributed by atoms with van der Waals surface area (Å²) >= 11 is 0. The molecule has 0 radical (unpaired) electrons. The molecular formula is C38H57N3O3. The van der Waals surface area contributed by atoms with Gasteiger partial charge in [0.1, 0.15) is 18.1 Å². The number of aliphatic hydroxyl groups excluding tert-OH is 1. The lowest BCUT2D eigenvalue weighted by Crippen LogP contribution is -2.54. The summed E-state index contributed by atoms with van der Waals surface area (Å²) in [6.07, 6.45) is 17.2. The standard InChI is InChI=1S/C38H57N3O3/c1-26-23-27(31-13-11-29(25-35(31)44-26)39-20-21-41(4)5)9-7-6-8-22-43-40-36-15-14-33-32-12-10-28-24-30(42)16-18-37(28,2)34(32)17-19-38(33,36)3/h11,13,23,25,28,30,32-34,39,42H,1,6-10,12,14-22,24H2,2-5H3/b40-36-/t28-,30+,32-,33-,34-,37-,38-/m0/s1. The monoisotopic (exact) mass is 603 g/mol. The van der Waals surface area contributed by atoms with Crippen molar-refractivity contribution in [3.63, 3.8) is 0 Å². The second kappa shape index (κ2) is 13.2. The van der Waals surface area contributed by atoms with Gasteiger partial charge in [0.25, 0.3) is 0 Å². The molecule has 4 fully saturated rings. The molecule has 2 N–H and O–H groups in total. The fraction of sp³-hybridized carbons (Fsp3) is 0.711. The number of oxime groups is 1. The normalized spacial score (nSPS) is 35.3. The summed E-state index contributed by atoms with van der Waals surface area (Å²) in [6, 6.07) is 6.43. The molecular weight excluding hydrogens is 546 g/mol. The average molecular weight is 604 g/mol. The fourth-order valence-corrected chi connectivity index (χ4v) is 10.0. The smallest absolute Gasteiger partial charge is 0.136 e. The Morgan fingerprint density at radius 2 is 1.93 bits per heavy atom. The first-order valence-corrected chi connectivity index (χ1v) is 17.6. The van der Waals surface area contributed by atoms with Crippen LogP contribution in [0.3, 0.4) is 0 Å². The van der Waals surface area contributed by atoms with E-state index in [1.165, 1.54) is 55.4 Å². The number of fused-ring (bicyclic) bond motifs is 6. The van der Waals surface area contributed by atoms with E-state index in [0.29, 0.717) is 17.8 Å². The highest BCUT2D eigenvalue weighted by Crippen LogP contribution is 2.65. The number of unbranched alkanes of at least 4 members (excludes halogenated alkanes) is 2. The van der Waals surface area contributed by atoms with E-state index in [2.05, 4.69) is 69.0 Å². The van der Waals surface area contributed by atoms with E-state index in [9.17, 15) is 5.11 Å². The third-order valence-corrected chi connectivity index (χ3v) is 12.5. The van der Waals surface area contributed by atoms with Crippen molar-refractivity contribution < 1.29 is 14.7 Å². The van der Waals surface area contributed by atoms with Crippen molar-refractivity contribution >= 4 is 17.0 Å². The van der Waals surface area contributed by atoms with Crippen LogP contribution in [0.5, 0.6) is 5.75 Å². The van der Waals surface area contributed by atoms with Gasteiger partial charge in [0, 0.05) is 35.8 Å². The molecule has 0 aromatic heterocycles. The van der Waals surface area contributed by atoms with Gasteiger partial charge in [-0.1, -0.05) is 25.6 Å². The molecule has 0 spiro atoms. The Bertz CT molecular complexity index is 1260. The van der Waals surface area contributed by atoms with Crippen molar-refractivity contribution in [1.29, 1.82) is 0 Å². The number of allylic oxidation sites excluding steroid dienone is 2. The molecule has 0 saturated heterocycles. The van der Waals surface area contributed by atoms with Crippen molar-refractivity contribution in [3.8, 4) is 5.75 Å². The molecule has 5 aliphatic rings. The Balaban J connectivity index is 0.959. The van der Waals surface area contributed by atoms with Gasteiger partial charge in [0.15, 0.2) is 0 Å². The number of nitrogens with zero attached hydrogens (tertiary/aromatic N) is 2. The van der Waals surface area contributed by atoms with Crippen LogP contribution in [-0.2, 0) is 4.84 Å². The van der Waals surface area contributed by atoms with Gasteiger partial charge in [-0.15, -0.1) is 0 Å². The Labute approximate surface area is 266 Å². The molecule has 0 amide bonds. The van der Waals surface area contributed by atoms with Crippen LogP contribution < -0.4 is 10.1 Å². The molecule has 6 heteroatoms. The largest absolute Gasteiger partial charge is 0.457 e. The van der Waals surface area contributed by atoms with Crippen LogP contribution in [-0.4, -0.2) is 55.6 Å². The van der Waals surface area contributed by atoms with Crippen LogP contribution in [0.1, 0.15) is 103 Å². The van der Waals surface area contributed by atoms with Gasteiger partial charge in [-0.3, -0.25) is 0 Å². The molecule has 1 aromatic rings. The van der Waals surface area contributed by atoms with E-state index in [1.54, 1.807) is 0 Å². The summed E-state index contributed by atoms with van der Waals surface area (Å²) in [5.41, 5.74) is 5.56. The molecule has 6 nitrogen and oxygen atoms in total. The summed E-state index contributed by atoms with van der Waals surface area (Å²) in [5.74, 6) is 4.74. The minimum atomic E-state index is -0.0641. The number of anilines is 1. The Morgan fingerprint density at radius 1 is 1.07 bits per heavy atom. The molecule has 0 unspecified atom stereocenters. The quantitative estimate of drug-likeness (QED) is 0.197. The van der Waals surface area contributed by atoms with E-state index < -0.39 is 0 Å². The van der Waals surface area contributed by atoms with Crippen molar-refractivity contribution in [2.45, 2.75) is 103 Å². The number of aliphatic hydroxyl groups is 1. The second-order valence-corrected chi connectivity index (χ2v) is 15.4. The highest BCUT2D eigenvalue weighted by molar-refractivity contribution is 5.92. The minimum absolute atomic E-state index is 0.0641. The summed E-state index contributed by atoms with van der Waals surface area (Å²) in [5, 5.41) is 18.7. The van der Waals surface area contributed by atoms with Crippen LogP contribution in [0.15, 0.2) is 41.8 Å². The Hall–Kier alpha value is -2.31. The van der Waals surface area contributed by atoms with Crippen molar-refractivity contribution in [1.82, 2.24) is 4.90 Å². The predicted molar refractivity (Wildman–Crippen MR) is 181 cm³/mol. The third kappa shape index (κ3) is 6.35. The first kappa shape index (κ1) is 31.7. The third-order valence-electron chi connectivity index (χ3n) is 12.5. The van der Waals surface area contributed by atoms with Gasteiger partial charge in [0.05, 0.1) is 11.8 Å². The zero-order chi connectivity index (χ0) is 30.9. The first-order valence-electron chi connectivity index (χ1n) is 17.6. The van der Waals surface area contributed by atoms with Crippen LogP contribution in [0.2, 0.25) is 0 Å². The molecule has 44 heavy (non-hydrogen) atoms. The van der Waals surface area contributed by atoms with Crippen LogP contribution in [0.25, 0.3) is 5.57 Å². The molecule has 4 aliphatic carbocycles. The van der Waals surface area contributed by atoms with Gasteiger partial charge < -0.3 is 24.9 Å². The highest BCUT2D eigenvalue weighted by Gasteiger charge is 2.59. The summed E-state index contributed by atoms with van der Waals surface area (Å²) < 4.78 is 5.98. The fourth-order valence-electron chi connectivity index (χ4n) is 10.0. The maximum atomic E-state index is 10.3. The molecule has 242 valence electrons. The number of ether oxygens (including phenoxy) is 1. The first-order chi connectivity index (χ1) is 21.2. The average Bonchev–Trinajstić information content (AvgIpc) is 3.32. The molecule has 4 saturated carbocycles. The molecule has 1 aromatic carbocycles. The van der Waals surface area contributed by atoms with Crippen molar-refractivity contribution in [2.24, 2.45) is 39.7 Å². The molecule has 0 bridgehead atoms. The van der Waals surface area contributed by atoms with Gasteiger partial charge in [0.2, 0.25) is 0 Å². The minimum Gasteiger partial charge on any atom is -0.457 e. The van der Waals surface area contributed by atoms with Crippen molar-refractivity contribution in [3.05, 3.63) is 42.2 Å². The maximum absolute atomic E-state index is 10.3. The number of hydrogen-bond acceptors (Lipinski definition) is 6. The zero-order valence-corrected chi connectivity index (χ0v) is 27.9. The van der Waals surface area contributed by atoms with E-state index in [-0.39, 0.29) is 11.5 Å². The number of hydrogen-bond donors (Lipinski definition) is 2. The summed E-state index contributed by atoms with van der Waals surface area (Å²) in [7, 11) is 4.17.